The normalized spacial score (nSPS) is 19.1. The molecule has 3 heteroatoms. The van der Waals surface area contributed by atoms with E-state index in [1.165, 1.54) is 11.6 Å². The van der Waals surface area contributed by atoms with E-state index in [0.29, 0.717) is 6.61 Å². The standard InChI is InChI=1S/C12H12O3/c1-9-2-4-10(5-3-9)6-7-11(13)15-12-8-14-12/h2-7,12H,8H2,1H3/b7-6+. The minimum Gasteiger partial charge on any atom is -0.430 e. The number of carbonyl (C=O) groups excluding carboxylic acids is 1. The van der Waals surface area contributed by atoms with Crippen molar-refractivity contribution in [1.29, 1.82) is 0 Å². The maximum atomic E-state index is 11.1. The maximum Gasteiger partial charge on any atom is 0.333 e. The van der Waals surface area contributed by atoms with E-state index in [0.717, 1.165) is 5.56 Å². The van der Waals surface area contributed by atoms with E-state index in [9.17, 15) is 4.79 Å². The van der Waals surface area contributed by atoms with Crippen molar-refractivity contribution in [1.82, 2.24) is 0 Å². The average Bonchev–Trinajstić information content (AvgIpc) is 3.01. The molecule has 1 aromatic carbocycles. The fourth-order valence-electron chi connectivity index (χ4n) is 1.12. The second kappa shape index (κ2) is 4.28. The van der Waals surface area contributed by atoms with Gasteiger partial charge in [0.25, 0.3) is 0 Å². The van der Waals surface area contributed by atoms with Gasteiger partial charge >= 0.3 is 5.97 Å². The van der Waals surface area contributed by atoms with Crippen LogP contribution in [0.15, 0.2) is 30.3 Å². The van der Waals surface area contributed by atoms with Gasteiger partial charge in [0, 0.05) is 6.08 Å². The van der Waals surface area contributed by atoms with Crippen LogP contribution in [0.3, 0.4) is 0 Å². The molecule has 1 aliphatic rings. The van der Waals surface area contributed by atoms with Gasteiger partial charge in [-0.3, -0.25) is 0 Å². The first-order chi connectivity index (χ1) is 7.24. The zero-order valence-corrected chi connectivity index (χ0v) is 8.47. The molecule has 1 unspecified atom stereocenters. The summed E-state index contributed by atoms with van der Waals surface area (Å²) in [6.07, 6.45) is 2.82. The van der Waals surface area contributed by atoms with E-state index >= 15 is 0 Å². The minimum atomic E-state index is -0.363. The summed E-state index contributed by atoms with van der Waals surface area (Å²) >= 11 is 0. The molecule has 15 heavy (non-hydrogen) atoms. The molecule has 1 fully saturated rings. The Morgan fingerprint density at radius 1 is 1.47 bits per heavy atom. The summed E-state index contributed by atoms with van der Waals surface area (Å²) in [6.45, 7) is 2.54. The summed E-state index contributed by atoms with van der Waals surface area (Å²) < 4.78 is 9.63. The van der Waals surface area contributed by atoms with Crippen LogP contribution < -0.4 is 0 Å². The van der Waals surface area contributed by atoms with Gasteiger partial charge in [-0.25, -0.2) is 4.79 Å². The SMILES string of the molecule is Cc1ccc(/C=C/C(=O)OC2CO2)cc1. The fourth-order valence-corrected chi connectivity index (χ4v) is 1.12. The number of epoxide rings is 1. The van der Waals surface area contributed by atoms with Crippen molar-refractivity contribution in [2.45, 2.75) is 13.2 Å². The van der Waals surface area contributed by atoms with Crippen LogP contribution in [0.5, 0.6) is 0 Å². The Labute approximate surface area is 88.3 Å². The highest BCUT2D eigenvalue weighted by molar-refractivity contribution is 5.87. The van der Waals surface area contributed by atoms with Crippen LogP contribution in [0.4, 0.5) is 0 Å². The zero-order chi connectivity index (χ0) is 10.7. The largest absolute Gasteiger partial charge is 0.430 e. The molecule has 0 radical (unpaired) electrons. The summed E-state index contributed by atoms with van der Waals surface area (Å²) in [4.78, 5) is 11.1. The predicted molar refractivity (Wildman–Crippen MR) is 56.0 cm³/mol. The van der Waals surface area contributed by atoms with Crippen molar-refractivity contribution in [3.8, 4) is 0 Å². The molecule has 0 N–H and O–H groups in total. The van der Waals surface area contributed by atoms with Crippen molar-refractivity contribution in [3.05, 3.63) is 41.5 Å². The molecule has 0 spiro atoms. The number of benzene rings is 1. The summed E-state index contributed by atoms with van der Waals surface area (Å²) in [6, 6.07) is 7.89. The van der Waals surface area contributed by atoms with E-state index in [-0.39, 0.29) is 12.3 Å². The molecular formula is C12H12O3. The molecule has 1 heterocycles. The highest BCUT2D eigenvalue weighted by atomic mass is 16.8. The van der Waals surface area contributed by atoms with Crippen LogP contribution in [0.1, 0.15) is 11.1 Å². The number of ether oxygens (including phenoxy) is 2. The van der Waals surface area contributed by atoms with Gasteiger partial charge in [0.05, 0.1) is 0 Å². The smallest absolute Gasteiger partial charge is 0.333 e. The first-order valence-corrected chi connectivity index (χ1v) is 4.81. The van der Waals surface area contributed by atoms with Gasteiger partial charge in [-0.15, -0.1) is 0 Å². The lowest BCUT2D eigenvalue weighted by Gasteiger charge is -1.95. The number of carbonyl (C=O) groups is 1. The Kier molecular flexibility index (Phi) is 2.83. The van der Waals surface area contributed by atoms with E-state index in [1.54, 1.807) is 6.08 Å². The topological polar surface area (TPSA) is 38.8 Å². The highest BCUT2D eigenvalue weighted by Gasteiger charge is 2.26. The summed E-state index contributed by atoms with van der Waals surface area (Å²) in [5.74, 6) is -0.363. The molecule has 0 saturated carbocycles. The predicted octanol–water partition coefficient (Wildman–Crippen LogP) is 1.91. The number of hydrogen-bond acceptors (Lipinski definition) is 3. The van der Waals surface area contributed by atoms with Crippen LogP contribution >= 0.6 is 0 Å². The van der Waals surface area contributed by atoms with Gasteiger partial charge in [-0.1, -0.05) is 29.8 Å². The minimum absolute atomic E-state index is 0.319. The lowest BCUT2D eigenvalue weighted by atomic mass is 10.1. The second-order valence-electron chi connectivity index (χ2n) is 3.44. The zero-order valence-electron chi connectivity index (χ0n) is 8.47. The third-order valence-electron chi connectivity index (χ3n) is 2.04. The quantitative estimate of drug-likeness (QED) is 0.429. The van der Waals surface area contributed by atoms with Crippen LogP contribution in [-0.4, -0.2) is 18.9 Å². The lowest BCUT2D eigenvalue weighted by Crippen LogP contribution is -2.02. The number of rotatable bonds is 3. The van der Waals surface area contributed by atoms with Gasteiger partial charge in [0.2, 0.25) is 6.29 Å². The van der Waals surface area contributed by atoms with Crippen LogP contribution in [0.2, 0.25) is 0 Å². The monoisotopic (exact) mass is 204 g/mol. The molecule has 0 amide bonds. The van der Waals surface area contributed by atoms with Crippen LogP contribution in [0, 0.1) is 6.92 Å². The van der Waals surface area contributed by atoms with E-state index in [1.807, 2.05) is 31.2 Å². The van der Waals surface area contributed by atoms with Gasteiger partial charge in [-0.05, 0) is 18.6 Å². The Morgan fingerprint density at radius 3 is 2.73 bits per heavy atom. The molecule has 1 atom stereocenters. The summed E-state index contributed by atoms with van der Waals surface area (Å²) in [5, 5.41) is 0. The Hall–Kier alpha value is -1.61. The van der Waals surface area contributed by atoms with Crippen molar-refractivity contribution >= 4 is 12.0 Å². The van der Waals surface area contributed by atoms with E-state index in [4.69, 9.17) is 9.47 Å². The van der Waals surface area contributed by atoms with Crippen molar-refractivity contribution < 1.29 is 14.3 Å². The third-order valence-corrected chi connectivity index (χ3v) is 2.04. The van der Waals surface area contributed by atoms with Gasteiger partial charge < -0.3 is 9.47 Å². The summed E-state index contributed by atoms with van der Waals surface area (Å²) in [5.41, 5.74) is 2.18. The third kappa shape index (κ3) is 3.22. The van der Waals surface area contributed by atoms with Crippen LogP contribution in [0.25, 0.3) is 6.08 Å². The first kappa shape index (κ1) is 9.93. The molecule has 1 aliphatic heterocycles. The molecule has 1 saturated heterocycles. The fraction of sp³-hybridized carbons (Fsp3) is 0.250. The molecule has 1 aromatic rings. The van der Waals surface area contributed by atoms with E-state index in [2.05, 4.69) is 0 Å². The average molecular weight is 204 g/mol. The van der Waals surface area contributed by atoms with E-state index < -0.39 is 0 Å². The Balaban J connectivity index is 1.91. The second-order valence-corrected chi connectivity index (χ2v) is 3.44. The van der Waals surface area contributed by atoms with Crippen molar-refractivity contribution in [2.75, 3.05) is 6.61 Å². The highest BCUT2D eigenvalue weighted by Crippen LogP contribution is 2.11. The first-order valence-electron chi connectivity index (χ1n) is 4.81. The molecule has 0 aromatic heterocycles. The van der Waals surface area contributed by atoms with Gasteiger partial charge in [-0.2, -0.15) is 0 Å². The number of aryl methyl sites for hydroxylation is 1. The lowest BCUT2D eigenvalue weighted by molar-refractivity contribution is -0.142. The molecule has 0 aliphatic carbocycles. The maximum absolute atomic E-state index is 11.1. The molecule has 3 nitrogen and oxygen atoms in total. The Bertz CT molecular complexity index is 374. The molecule has 78 valence electrons. The molecule has 2 rings (SSSR count). The number of esters is 1. The molecular weight excluding hydrogens is 192 g/mol. The Morgan fingerprint density at radius 2 is 2.13 bits per heavy atom. The van der Waals surface area contributed by atoms with Crippen molar-refractivity contribution in [3.63, 3.8) is 0 Å². The molecule has 0 bridgehead atoms. The van der Waals surface area contributed by atoms with Gasteiger partial charge in [0.1, 0.15) is 6.61 Å². The van der Waals surface area contributed by atoms with Crippen molar-refractivity contribution in [2.24, 2.45) is 0 Å². The number of hydrogen-bond donors (Lipinski definition) is 0. The van der Waals surface area contributed by atoms with Gasteiger partial charge in [0.15, 0.2) is 0 Å². The summed E-state index contributed by atoms with van der Waals surface area (Å²) in [7, 11) is 0. The van der Waals surface area contributed by atoms with Crippen LogP contribution in [-0.2, 0) is 14.3 Å².